The van der Waals surface area contributed by atoms with E-state index in [4.69, 9.17) is 11.6 Å². The van der Waals surface area contributed by atoms with Gasteiger partial charge in [0.2, 0.25) is 0 Å². The predicted molar refractivity (Wildman–Crippen MR) is 73.2 cm³/mol. The molecule has 4 heteroatoms. The third-order valence-corrected chi connectivity index (χ3v) is 5.01. The molecule has 1 aliphatic heterocycles. The van der Waals surface area contributed by atoms with E-state index in [-0.39, 0.29) is 11.3 Å². The molecule has 1 unspecified atom stereocenters. The maximum absolute atomic E-state index is 12.6. The van der Waals surface area contributed by atoms with E-state index in [1.54, 1.807) is 6.07 Å². The van der Waals surface area contributed by atoms with Gasteiger partial charge < -0.3 is 0 Å². The van der Waals surface area contributed by atoms with Gasteiger partial charge in [0.15, 0.2) is 5.78 Å². The van der Waals surface area contributed by atoms with Gasteiger partial charge in [0.25, 0.3) is 0 Å². The summed E-state index contributed by atoms with van der Waals surface area (Å²) < 4.78 is 0.688. The number of ketones is 1. The summed E-state index contributed by atoms with van der Waals surface area (Å²) in [6.07, 6.45) is 3.25. The van der Waals surface area contributed by atoms with Crippen LogP contribution >= 0.6 is 22.9 Å². The normalized spacial score (nSPS) is 20.4. The Balaban J connectivity index is 2.25. The number of halogens is 1. The summed E-state index contributed by atoms with van der Waals surface area (Å²) in [6, 6.07) is 3.65. The van der Waals surface area contributed by atoms with Crippen LogP contribution in [-0.4, -0.2) is 29.3 Å². The van der Waals surface area contributed by atoms with Crippen LogP contribution in [0.4, 0.5) is 0 Å². The summed E-state index contributed by atoms with van der Waals surface area (Å²) in [5, 5.41) is 0. The van der Waals surface area contributed by atoms with Gasteiger partial charge in [-0.05, 0) is 51.4 Å². The molecule has 0 amide bonds. The van der Waals surface area contributed by atoms with Crippen molar-refractivity contribution < 1.29 is 4.79 Å². The Hall–Kier alpha value is -0.380. The highest BCUT2D eigenvalue weighted by Crippen LogP contribution is 2.32. The Kier molecular flexibility index (Phi) is 3.91. The molecule has 0 saturated carbocycles. The van der Waals surface area contributed by atoms with Crippen LogP contribution in [0.15, 0.2) is 12.1 Å². The summed E-state index contributed by atoms with van der Waals surface area (Å²) in [7, 11) is 0. The van der Waals surface area contributed by atoms with E-state index in [2.05, 4.69) is 18.7 Å². The molecule has 1 fully saturated rings. The van der Waals surface area contributed by atoms with Crippen LogP contribution in [0.25, 0.3) is 0 Å². The highest BCUT2D eigenvalue weighted by Gasteiger charge is 2.39. The van der Waals surface area contributed by atoms with Crippen molar-refractivity contribution in [3.8, 4) is 0 Å². The molecule has 2 rings (SSSR count). The molecular formula is C13H18ClNOS. The first-order chi connectivity index (χ1) is 8.08. The van der Waals surface area contributed by atoms with Gasteiger partial charge in [-0.3, -0.25) is 9.69 Å². The molecule has 94 valence electrons. The molecule has 1 aromatic rings. The summed E-state index contributed by atoms with van der Waals surface area (Å²) in [6.45, 7) is 6.23. The number of rotatable bonds is 4. The van der Waals surface area contributed by atoms with Gasteiger partial charge in [-0.1, -0.05) is 18.5 Å². The average molecular weight is 272 g/mol. The lowest BCUT2D eigenvalue weighted by Crippen LogP contribution is -2.50. The van der Waals surface area contributed by atoms with Gasteiger partial charge in [-0.25, -0.2) is 0 Å². The lowest BCUT2D eigenvalue weighted by atomic mass is 9.90. The van der Waals surface area contributed by atoms with Crippen molar-refractivity contribution in [3.63, 3.8) is 0 Å². The molecule has 0 N–H and O–H groups in total. The van der Waals surface area contributed by atoms with Crippen LogP contribution in [0.2, 0.25) is 4.34 Å². The maximum Gasteiger partial charge on any atom is 0.192 e. The molecule has 17 heavy (non-hydrogen) atoms. The van der Waals surface area contributed by atoms with E-state index in [0.29, 0.717) is 4.34 Å². The molecule has 0 aliphatic carbocycles. The summed E-state index contributed by atoms with van der Waals surface area (Å²) in [5.74, 6) is 0.221. The third-order valence-electron chi connectivity index (χ3n) is 3.78. The van der Waals surface area contributed by atoms with E-state index < -0.39 is 0 Å². The van der Waals surface area contributed by atoms with E-state index in [9.17, 15) is 4.79 Å². The summed E-state index contributed by atoms with van der Waals surface area (Å²) in [5.41, 5.74) is -0.356. The van der Waals surface area contributed by atoms with Crippen LogP contribution in [0.3, 0.4) is 0 Å². The SMILES string of the molecule is CCC(C)(C(=O)c1ccc(Cl)s1)N1CCCC1. The zero-order valence-electron chi connectivity index (χ0n) is 10.3. The molecule has 0 bridgehead atoms. The zero-order valence-corrected chi connectivity index (χ0v) is 11.9. The molecule has 2 heterocycles. The largest absolute Gasteiger partial charge is 0.291 e. The molecule has 2 nitrogen and oxygen atoms in total. The number of nitrogens with zero attached hydrogens (tertiary/aromatic N) is 1. The van der Waals surface area contributed by atoms with E-state index in [1.165, 1.54) is 24.2 Å². The Bertz CT molecular complexity index is 411. The van der Waals surface area contributed by atoms with Crippen LogP contribution in [0.5, 0.6) is 0 Å². The fraction of sp³-hybridized carbons (Fsp3) is 0.615. The van der Waals surface area contributed by atoms with Crippen LogP contribution in [0.1, 0.15) is 42.8 Å². The minimum Gasteiger partial charge on any atom is -0.291 e. The van der Waals surface area contributed by atoms with Gasteiger partial charge in [0.1, 0.15) is 0 Å². The molecule has 0 aromatic carbocycles. The van der Waals surface area contributed by atoms with E-state index in [1.807, 2.05) is 6.07 Å². The molecule has 0 spiro atoms. The lowest BCUT2D eigenvalue weighted by Gasteiger charge is -2.36. The smallest absolute Gasteiger partial charge is 0.192 e. The number of hydrogen-bond acceptors (Lipinski definition) is 3. The second kappa shape index (κ2) is 5.09. The van der Waals surface area contributed by atoms with Gasteiger partial charge in [0.05, 0.1) is 14.8 Å². The summed E-state index contributed by atoms with van der Waals surface area (Å²) >= 11 is 7.30. The lowest BCUT2D eigenvalue weighted by molar-refractivity contribution is 0.0652. The van der Waals surface area contributed by atoms with Gasteiger partial charge in [-0.15, -0.1) is 11.3 Å². The van der Waals surface area contributed by atoms with E-state index in [0.717, 1.165) is 24.4 Å². The highest BCUT2D eigenvalue weighted by molar-refractivity contribution is 7.18. The van der Waals surface area contributed by atoms with Gasteiger partial charge in [0, 0.05) is 0 Å². The third kappa shape index (κ3) is 2.42. The first-order valence-corrected chi connectivity index (χ1v) is 7.32. The monoisotopic (exact) mass is 271 g/mol. The van der Waals surface area contributed by atoms with Gasteiger partial charge >= 0.3 is 0 Å². The number of carbonyl (C=O) groups is 1. The second-order valence-corrected chi connectivity index (χ2v) is 6.47. The van der Waals surface area contributed by atoms with E-state index >= 15 is 0 Å². The fourth-order valence-electron chi connectivity index (χ4n) is 2.44. The number of Topliss-reactive ketones (excluding diaryl/α,β-unsaturated/α-hetero) is 1. The Morgan fingerprint density at radius 3 is 2.59 bits per heavy atom. The maximum atomic E-state index is 12.6. The Morgan fingerprint density at radius 1 is 1.47 bits per heavy atom. The first-order valence-electron chi connectivity index (χ1n) is 6.13. The molecule has 0 radical (unpaired) electrons. The van der Waals surface area contributed by atoms with Crippen molar-refractivity contribution in [3.05, 3.63) is 21.3 Å². The van der Waals surface area contributed by atoms with Crippen LogP contribution in [0, 0.1) is 0 Å². The molecule has 1 aliphatic rings. The zero-order chi connectivity index (χ0) is 12.5. The van der Waals surface area contributed by atoms with Crippen molar-refractivity contribution in [1.82, 2.24) is 4.90 Å². The number of hydrogen-bond donors (Lipinski definition) is 0. The standard InChI is InChI=1S/C13H18ClNOS/c1-3-13(2,15-8-4-5-9-15)12(16)10-6-7-11(14)17-10/h6-7H,3-5,8-9H2,1-2H3. The van der Waals surface area contributed by atoms with Crippen molar-refractivity contribution in [2.75, 3.05) is 13.1 Å². The van der Waals surface area contributed by atoms with Gasteiger partial charge in [-0.2, -0.15) is 0 Å². The fourth-order valence-corrected chi connectivity index (χ4v) is 3.55. The number of likely N-dealkylation sites (tertiary alicyclic amines) is 1. The number of thiophene rings is 1. The van der Waals surface area contributed by atoms with Crippen molar-refractivity contribution in [1.29, 1.82) is 0 Å². The summed E-state index contributed by atoms with van der Waals surface area (Å²) in [4.78, 5) is 15.7. The van der Waals surface area contributed by atoms with Crippen LogP contribution < -0.4 is 0 Å². The topological polar surface area (TPSA) is 20.3 Å². The quantitative estimate of drug-likeness (QED) is 0.776. The predicted octanol–water partition coefficient (Wildman–Crippen LogP) is 3.85. The minimum atomic E-state index is -0.356. The van der Waals surface area contributed by atoms with Crippen molar-refractivity contribution in [2.24, 2.45) is 0 Å². The average Bonchev–Trinajstić information content (AvgIpc) is 2.97. The molecule has 1 aromatic heterocycles. The number of carbonyl (C=O) groups excluding carboxylic acids is 1. The van der Waals surface area contributed by atoms with Crippen molar-refractivity contribution >= 4 is 28.7 Å². The molecule has 1 saturated heterocycles. The Morgan fingerprint density at radius 2 is 2.12 bits per heavy atom. The molecule has 1 atom stereocenters. The van der Waals surface area contributed by atoms with Crippen LogP contribution in [-0.2, 0) is 0 Å². The second-order valence-electron chi connectivity index (χ2n) is 4.75. The Labute approximate surface area is 112 Å². The highest BCUT2D eigenvalue weighted by atomic mass is 35.5. The first kappa shape index (κ1) is 13.1. The van der Waals surface area contributed by atoms with Crippen molar-refractivity contribution in [2.45, 2.75) is 38.6 Å². The molecular weight excluding hydrogens is 254 g/mol. The minimum absolute atomic E-state index is 0.221.